The largest absolute Gasteiger partial charge is 0.368 e. The van der Waals surface area contributed by atoms with Crippen molar-refractivity contribution in [1.82, 2.24) is 20.6 Å². The number of benzene rings is 1. The Labute approximate surface area is 183 Å². The molecule has 2 atom stereocenters. The second kappa shape index (κ2) is 8.34. The van der Waals surface area contributed by atoms with Crippen LogP contribution in [-0.2, 0) is 6.54 Å². The summed E-state index contributed by atoms with van der Waals surface area (Å²) in [6.45, 7) is 6.93. The zero-order valence-corrected chi connectivity index (χ0v) is 18.3. The van der Waals surface area contributed by atoms with Gasteiger partial charge < -0.3 is 20.9 Å². The molecule has 1 aromatic carbocycles. The fourth-order valence-corrected chi connectivity index (χ4v) is 5.07. The van der Waals surface area contributed by atoms with Gasteiger partial charge in [-0.2, -0.15) is 4.98 Å². The van der Waals surface area contributed by atoms with Crippen LogP contribution in [0.3, 0.4) is 0 Å². The number of nitrogens with one attached hydrogen (secondary N) is 3. The summed E-state index contributed by atoms with van der Waals surface area (Å²) in [7, 11) is 0. The molecular formula is C23H31N7O. The number of nitrogens with zero attached hydrogens (tertiary/aromatic N) is 4. The molecule has 1 aliphatic carbocycles. The topological polar surface area (TPSA) is 85.4 Å². The van der Waals surface area contributed by atoms with Gasteiger partial charge in [0, 0.05) is 60.9 Å². The molecule has 1 saturated carbocycles. The summed E-state index contributed by atoms with van der Waals surface area (Å²) in [5.74, 6) is 1.27. The molecule has 2 aromatic rings. The maximum Gasteiger partial charge on any atom is 0.323 e. The Kier molecular flexibility index (Phi) is 5.40. The van der Waals surface area contributed by atoms with Gasteiger partial charge in [-0.15, -0.1) is 0 Å². The minimum Gasteiger partial charge on any atom is -0.368 e. The van der Waals surface area contributed by atoms with E-state index in [9.17, 15) is 4.79 Å². The van der Waals surface area contributed by atoms with E-state index in [1.165, 1.54) is 5.69 Å². The van der Waals surface area contributed by atoms with E-state index in [1.807, 2.05) is 11.1 Å². The molecule has 2 unspecified atom stereocenters. The lowest BCUT2D eigenvalue weighted by molar-refractivity contribution is 0.241. The standard InChI is InChI=1S/C23H31N7O/c1-15-13-29(14-16(2)26-15)19-9-7-18(8-10-19)27-22-24-11-17-12-25-23(31)30(21(17)28-22)20-5-3-4-6-20/h7-11,15-16,20,26H,3-6,12-14H2,1-2H3,(H,25,31)(H,24,27,28). The van der Waals surface area contributed by atoms with Crippen LogP contribution in [0.25, 0.3) is 0 Å². The van der Waals surface area contributed by atoms with Crippen molar-refractivity contribution in [1.29, 1.82) is 0 Å². The number of amides is 2. The minimum absolute atomic E-state index is 0.0483. The molecule has 3 N–H and O–H groups in total. The number of carbonyl (C=O) groups excluding carboxylic acids is 1. The van der Waals surface area contributed by atoms with Gasteiger partial charge in [-0.05, 0) is 51.0 Å². The van der Waals surface area contributed by atoms with Gasteiger partial charge in [0.15, 0.2) is 0 Å². The molecule has 0 bridgehead atoms. The fraction of sp³-hybridized carbons (Fsp3) is 0.522. The third-order valence-corrected chi connectivity index (χ3v) is 6.45. The first kappa shape index (κ1) is 20.1. The van der Waals surface area contributed by atoms with Gasteiger partial charge in [0.2, 0.25) is 5.95 Å². The van der Waals surface area contributed by atoms with Crippen molar-refractivity contribution in [3.63, 3.8) is 0 Å². The number of fused-ring (bicyclic) bond motifs is 1. The second-order valence-corrected chi connectivity index (χ2v) is 9.06. The average Bonchev–Trinajstić information content (AvgIpc) is 3.28. The first-order valence-corrected chi connectivity index (χ1v) is 11.4. The van der Waals surface area contributed by atoms with Crippen molar-refractivity contribution in [2.45, 2.75) is 64.2 Å². The quantitative estimate of drug-likeness (QED) is 0.702. The molecule has 2 aliphatic heterocycles. The molecule has 8 nitrogen and oxygen atoms in total. The van der Waals surface area contributed by atoms with Gasteiger partial charge >= 0.3 is 6.03 Å². The monoisotopic (exact) mass is 421 g/mol. The normalized spacial score (nSPS) is 24.1. The van der Waals surface area contributed by atoms with Crippen molar-refractivity contribution in [3.05, 3.63) is 36.0 Å². The van der Waals surface area contributed by atoms with Crippen LogP contribution in [0.5, 0.6) is 0 Å². The van der Waals surface area contributed by atoms with E-state index in [2.05, 4.69) is 63.9 Å². The Bertz CT molecular complexity index is 931. The average molecular weight is 422 g/mol. The highest BCUT2D eigenvalue weighted by Gasteiger charge is 2.33. The highest BCUT2D eigenvalue weighted by atomic mass is 16.2. The van der Waals surface area contributed by atoms with Crippen LogP contribution in [0.2, 0.25) is 0 Å². The zero-order valence-electron chi connectivity index (χ0n) is 18.3. The van der Waals surface area contributed by atoms with Crippen LogP contribution in [0.15, 0.2) is 30.5 Å². The Morgan fingerprint density at radius 1 is 1.06 bits per heavy atom. The molecule has 164 valence electrons. The van der Waals surface area contributed by atoms with Crippen LogP contribution in [0, 0.1) is 0 Å². The van der Waals surface area contributed by atoms with Gasteiger partial charge in [0.1, 0.15) is 5.82 Å². The SMILES string of the molecule is CC1CN(c2ccc(Nc3ncc4c(n3)N(C3CCCC3)C(=O)NC4)cc2)CC(C)N1. The zero-order chi connectivity index (χ0) is 21.4. The molecular weight excluding hydrogens is 390 g/mol. The molecule has 2 amide bonds. The number of piperazine rings is 1. The molecule has 3 aliphatic rings. The van der Waals surface area contributed by atoms with Crippen LogP contribution < -0.4 is 25.8 Å². The van der Waals surface area contributed by atoms with Crippen LogP contribution in [0.4, 0.5) is 27.9 Å². The summed E-state index contributed by atoms with van der Waals surface area (Å²) in [5.41, 5.74) is 3.13. The van der Waals surface area contributed by atoms with Gasteiger partial charge in [-0.3, -0.25) is 4.90 Å². The van der Waals surface area contributed by atoms with Crippen molar-refractivity contribution in [2.75, 3.05) is 28.2 Å². The summed E-state index contributed by atoms with van der Waals surface area (Å²) in [6, 6.07) is 9.55. The lowest BCUT2D eigenvalue weighted by atomic mass is 10.1. The predicted octanol–water partition coefficient (Wildman–Crippen LogP) is 3.38. The number of urea groups is 1. The number of aromatic nitrogens is 2. The van der Waals surface area contributed by atoms with Gasteiger partial charge in [-0.25, -0.2) is 9.78 Å². The van der Waals surface area contributed by atoms with Crippen molar-refractivity contribution >= 4 is 29.2 Å². The Hall–Kier alpha value is -2.87. The molecule has 8 heteroatoms. The third-order valence-electron chi connectivity index (χ3n) is 6.45. The third kappa shape index (κ3) is 4.17. The molecule has 31 heavy (non-hydrogen) atoms. The van der Waals surface area contributed by atoms with Crippen LogP contribution in [0.1, 0.15) is 45.1 Å². The van der Waals surface area contributed by atoms with E-state index >= 15 is 0 Å². The number of hydrogen-bond acceptors (Lipinski definition) is 6. The van der Waals surface area contributed by atoms with E-state index in [4.69, 9.17) is 4.98 Å². The summed E-state index contributed by atoms with van der Waals surface area (Å²) in [5, 5.41) is 9.84. The fourth-order valence-electron chi connectivity index (χ4n) is 5.07. The van der Waals surface area contributed by atoms with Gasteiger partial charge in [0.25, 0.3) is 0 Å². The highest BCUT2D eigenvalue weighted by molar-refractivity contribution is 5.94. The van der Waals surface area contributed by atoms with E-state index in [0.29, 0.717) is 24.6 Å². The van der Waals surface area contributed by atoms with Crippen molar-refractivity contribution < 1.29 is 4.79 Å². The van der Waals surface area contributed by atoms with E-state index < -0.39 is 0 Å². The Balaban J connectivity index is 1.33. The Morgan fingerprint density at radius 2 is 1.77 bits per heavy atom. The van der Waals surface area contributed by atoms with Gasteiger partial charge in [-0.1, -0.05) is 12.8 Å². The summed E-state index contributed by atoms with van der Waals surface area (Å²) >= 11 is 0. The van der Waals surface area contributed by atoms with Gasteiger partial charge in [0.05, 0.1) is 0 Å². The second-order valence-electron chi connectivity index (χ2n) is 9.06. The molecule has 0 spiro atoms. The van der Waals surface area contributed by atoms with Crippen molar-refractivity contribution in [2.24, 2.45) is 0 Å². The first-order chi connectivity index (χ1) is 15.1. The lowest BCUT2D eigenvalue weighted by Crippen LogP contribution is -2.54. The number of hydrogen-bond donors (Lipinski definition) is 3. The maximum atomic E-state index is 12.6. The summed E-state index contributed by atoms with van der Waals surface area (Å²) in [4.78, 5) is 26.1. The predicted molar refractivity (Wildman–Crippen MR) is 123 cm³/mol. The Morgan fingerprint density at radius 3 is 2.48 bits per heavy atom. The molecule has 2 fully saturated rings. The highest BCUT2D eigenvalue weighted by Crippen LogP contribution is 2.32. The number of carbonyl (C=O) groups is 1. The smallest absolute Gasteiger partial charge is 0.323 e. The summed E-state index contributed by atoms with van der Waals surface area (Å²) < 4.78 is 0. The van der Waals surface area contributed by atoms with E-state index in [-0.39, 0.29) is 12.1 Å². The van der Waals surface area contributed by atoms with Crippen LogP contribution >= 0.6 is 0 Å². The van der Waals surface area contributed by atoms with E-state index in [0.717, 1.165) is 55.8 Å². The molecule has 3 heterocycles. The molecule has 1 saturated heterocycles. The minimum atomic E-state index is -0.0483. The number of rotatable bonds is 4. The molecule has 1 aromatic heterocycles. The molecule has 0 radical (unpaired) electrons. The van der Waals surface area contributed by atoms with Crippen molar-refractivity contribution in [3.8, 4) is 0 Å². The summed E-state index contributed by atoms with van der Waals surface area (Å²) in [6.07, 6.45) is 6.21. The number of anilines is 4. The van der Waals surface area contributed by atoms with E-state index in [1.54, 1.807) is 0 Å². The lowest BCUT2D eigenvalue weighted by Gasteiger charge is -2.37. The molecule has 5 rings (SSSR count). The van der Waals surface area contributed by atoms with Crippen LogP contribution in [-0.4, -0.2) is 47.2 Å². The first-order valence-electron chi connectivity index (χ1n) is 11.4. The maximum absolute atomic E-state index is 12.6.